The van der Waals surface area contributed by atoms with Crippen LogP contribution < -0.4 is 4.74 Å². The molecule has 0 radical (unpaired) electrons. The zero-order valence-corrected chi connectivity index (χ0v) is 12.7. The van der Waals surface area contributed by atoms with Gasteiger partial charge in [0.15, 0.2) is 0 Å². The molecule has 108 valence electrons. The number of nitrogens with zero attached hydrogens (tertiary/aromatic N) is 1. The number of carbonyl (C=O) groups is 1. The number of hydrogen-bond acceptors (Lipinski definition) is 2. The summed E-state index contributed by atoms with van der Waals surface area (Å²) in [5.74, 6) is 1.52. The molecule has 0 aliphatic heterocycles. The predicted octanol–water partition coefficient (Wildman–Crippen LogP) is 3.27. The van der Waals surface area contributed by atoms with Crippen molar-refractivity contribution in [2.24, 2.45) is 5.92 Å². The Kier molecular flexibility index (Phi) is 4.48. The van der Waals surface area contributed by atoms with Gasteiger partial charge in [0.25, 0.3) is 0 Å². The van der Waals surface area contributed by atoms with Gasteiger partial charge >= 0.3 is 0 Å². The fourth-order valence-corrected chi connectivity index (χ4v) is 2.36. The molecule has 1 aliphatic rings. The zero-order chi connectivity index (χ0) is 14.7. The molecule has 1 amide bonds. The molecule has 1 unspecified atom stereocenters. The normalized spacial score (nSPS) is 16.2. The summed E-state index contributed by atoms with van der Waals surface area (Å²) in [5, 5.41) is 0. The van der Waals surface area contributed by atoms with Crippen molar-refractivity contribution in [1.29, 1.82) is 0 Å². The average Bonchev–Trinajstić information content (AvgIpc) is 3.27. The number of amides is 1. The van der Waals surface area contributed by atoms with Gasteiger partial charge in [-0.05, 0) is 50.8 Å². The molecule has 0 saturated heterocycles. The van der Waals surface area contributed by atoms with Crippen molar-refractivity contribution in [3.63, 3.8) is 0 Å². The third-order valence-electron chi connectivity index (χ3n) is 4.05. The number of ether oxygens (including phenoxy) is 1. The lowest BCUT2D eigenvalue weighted by Crippen LogP contribution is -2.35. The van der Waals surface area contributed by atoms with Gasteiger partial charge in [-0.15, -0.1) is 0 Å². The topological polar surface area (TPSA) is 29.5 Å². The highest BCUT2D eigenvalue weighted by Gasteiger charge is 2.31. The molecule has 3 heteroatoms. The van der Waals surface area contributed by atoms with Gasteiger partial charge in [-0.25, -0.2) is 0 Å². The maximum atomic E-state index is 12.2. The first kappa shape index (κ1) is 14.6. The van der Waals surface area contributed by atoms with Gasteiger partial charge in [-0.1, -0.05) is 11.6 Å². The van der Waals surface area contributed by atoms with E-state index in [0.29, 0.717) is 12.0 Å². The standard InChI is InChI=1S/C17H23NO2/c1-12-5-9-16(20-4)15(11-12)8-10-17(19)18(3)13(2)14-6-7-14/h5,8-11,13-14H,6-7H2,1-4H3/b10-8+. The minimum Gasteiger partial charge on any atom is -0.496 e. The largest absolute Gasteiger partial charge is 0.496 e. The minimum atomic E-state index is 0.0490. The molecular formula is C17H23NO2. The first-order valence-electron chi connectivity index (χ1n) is 7.12. The number of likely N-dealkylation sites (N-methyl/N-ethyl adjacent to an activating group) is 1. The number of aryl methyl sites for hydroxylation is 1. The number of benzene rings is 1. The van der Waals surface area contributed by atoms with E-state index in [1.807, 2.05) is 43.1 Å². The zero-order valence-electron chi connectivity index (χ0n) is 12.7. The van der Waals surface area contributed by atoms with Crippen LogP contribution in [0.25, 0.3) is 6.08 Å². The SMILES string of the molecule is COc1ccc(C)cc1/C=C/C(=O)N(C)C(C)C1CC1. The van der Waals surface area contributed by atoms with Crippen LogP contribution in [-0.4, -0.2) is 31.0 Å². The summed E-state index contributed by atoms with van der Waals surface area (Å²) >= 11 is 0. The Morgan fingerprint density at radius 1 is 1.45 bits per heavy atom. The maximum Gasteiger partial charge on any atom is 0.246 e. The molecule has 0 aromatic heterocycles. The van der Waals surface area contributed by atoms with Crippen LogP contribution in [0.5, 0.6) is 5.75 Å². The van der Waals surface area contributed by atoms with Crippen LogP contribution in [0.15, 0.2) is 24.3 Å². The molecule has 3 nitrogen and oxygen atoms in total. The van der Waals surface area contributed by atoms with Crippen molar-refractivity contribution >= 4 is 12.0 Å². The van der Waals surface area contributed by atoms with E-state index in [0.717, 1.165) is 16.9 Å². The van der Waals surface area contributed by atoms with Gasteiger partial charge in [0, 0.05) is 24.7 Å². The van der Waals surface area contributed by atoms with E-state index in [9.17, 15) is 4.79 Å². The van der Waals surface area contributed by atoms with Crippen LogP contribution in [0.3, 0.4) is 0 Å². The molecule has 1 aromatic rings. The third-order valence-corrected chi connectivity index (χ3v) is 4.05. The van der Waals surface area contributed by atoms with Crippen molar-refractivity contribution in [3.8, 4) is 5.75 Å². The Balaban J connectivity index is 2.08. The quantitative estimate of drug-likeness (QED) is 0.771. The molecular weight excluding hydrogens is 250 g/mol. The van der Waals surface area contributed by atoms with Gasteiger partial charge in [0.2, 0.25) is 5.91 Å². The Bertz CT molecular complexity index is 518. The van der Waals surface area contributed by atoms with Crippen molar-refractivity contribution in [2.75, 3.05) is 14.2 Å². The molecule has 0 N–H and O–H groups in total. The highest BCUT2D eigenvalue weighted by molar-refractivity contribution is 5.92. The first-order valence-corrected chi connectivity index (χ1v) is 7.12. The van der Waals surface area contributed by atoms with Gasteiger partial charge < -0.3 is 9.64 Å². The lowest BCUT2D eigenvalue weighted by atomic mass is 10.1. The van der Waals surface area contributed by atoms with Crippen molar-refractivity contribution in [3.05, 3.63) is 35.4 Å². The molecule has 0 spiro atoms. The van der Waals surface area contributed by atoms with Crippen LogP contribution >= 0.6 is 0 Å². The lowest BCUT2D eigenvalue weighted by Gasteiger charge is -2.23. The van der Waals surface area contributed by atoms with Gasteiger partial charge in [-0.3, -0.25) is 4.79 Å². The summed E-state index contributed by atoms with van der Waals surface area (Å²) < 4.78 is 5.31. The van der Waals surface area contributed by atoms with Crippen molar-refractivity contribution in [2.45, 2.75) is 32.7 Å². The number of carbonyl (C=O) groups excluding carboxylic acids is 1. The van der Waals surface area contributed by atoms with E-state index in [2.05, 4.69) is 6.92 Å². The highest BCUT2D eigenvalue weighted by Crippen LogP contribution is 2.34. The smallest absolute Gasteiger partial charge is 0.246 e. The molecule has 1 saturated carbocycles. The minimum absolute atomic E-state index is 0.0490. The molecule has 0 bridgehead atoms. The Morgan fingerprint density at radius 3 is 2.75 bits per heavy atom. The molecule has 2 rings (SSSR count). The fourth-order valence-electron chi connectivity index (χ4n) is 2.36. The molecule has 1 aliphatic carbocycles. The predicted molar refractivity (Wildman–Crippen MR) is 81.7 cm³/mol. The molecule has 0 heterocycles. The fraction of sp³-hybridized carbons (Fsp3) is 0.471. The van der Waals surface area contributed by atoms with E-state index in [-0.39, 0.29) is 5.91 Å². The number of hydrogen-bond donors (Lipinski definition) is 0. The van der Waals surface area contributed by atoms with E-state index >= 15 is 0 Å². The summed E-state index contributed by atoms with van der Waals surface area (Å²) in [7, 11) is 3.52. The van der Waals surface area contributed by atoms with Crippen LogP contribution in [0.1, 0.15) is 30.9 Å². The lowest BCUT2D eigenvalue weighted by molar-refractivity contribution is -0.126. The van der Waals surface area contributed by atoms with Crippen LogP contribution in [-0.2, 0) is 4.79 Å². The van der Waals surface area contributed by atoms with Crippen LogP contribution in [0, 0.1) is 12.8 Å². The first-order chi connectivity index (χ1) is 9.52. The summed E-state index contributed by atoms with van der Waals surface area (Å²) in [6, 6.07) is 6.27. The van der Waals surface area contributed by atoms with E-state index in [1.165, 1.54) is 12.8 Å². The Hall–Kier alpha value is -1.77. The van der Waals surface area contributed by atoms with Gasteiger partial charge in [-0.2, -0.15) is 0 Å². The Labute approximate surface area is 121 Å². The molecule has 1 fully saturated rings. The van der Waals surface area contributed by atoms with Crippen molar-refractivity contribution < 1.29 is 9.53 Å². The van der Waals surface area contributed by atoms with Crippen LogP contribution in [0.2, 0.25) is 0 Å². The second-order valence-electron chi connectivity index (χ2n) is 5.61. The number of rotatable bonds is 5. The summed E-state index contributed by atoms with van der Waals surface area (Å²) in [4.78, 5) is 14.0. The van der Waals surface area contributed by atoms with E-state index < -0.39 is 0 Å². The summed E-state index contributed by atoms with van der Waals surface area (Å²) in [5.41, 5.74) is 2.09. The molecule has 20 heavy (non-hydrogen) atoms. The third kappa shape index (κ3) is 3.41. The van der Waals surface area contributed by atoms with Crippen molar-refractivity contribution in [1.82, 2.24) is 4.90 Å². The van der Waals surface area contributed by atoms with Gasteiger partial charge in [0.05, 0.1) is 7.11 Å². The second kappa shape index (κ2) is 6.12. The average molecular weight is 273 g/mol. The highest BCUT2D eigenvalue weighted by atomic mass is 16.5. The number of methoxy groups -OCH3 is 1. The Morgan fingerprint density at radius 2 is 2.15 bits per heavy atom. The molecule has 1 aromatic carbocycles. The monoisotopic (exact) mass is 273 g/mol. The second-order valence-corrected chi connectivity index (χ2v) is 5.61. The summed E-state index contributed by atoms with van der Waals surface area (Å²) in [6.07, 6.45) is 5.96. The maximum absolute atomic E-state index is 12.2. The van der Waals surface area contributed by atoms with Crippen LogP contribution in [0.4, 0.5) is 0 Å². The van der Waals surface area contributed by atoms with E-state index in [4.69, 9.17) is 4.74 Å². The molecule has 1 atom stereocenters. The van der Waals surface area contributed by atoms with Gasteiger partial charge in [0.1, 0.15) is 5.75 Å². The summed E-state index contributed by atoms with van der Waals surface area (Å²) in [6.45, 7) is 4.15. The van der Waals surface area contributed by atoms with E-state index in [1.54, 1.807) is 13.2 Å².